The quantitative estimate of drug-likeness (QED) is 0.762. The predicted octanol–water partition coefficient (Wildman–Crippen LogP) is 4.76. The van der Waals surface area contributed by atoms with Gasteiger partial charge in [0.15, 0.2) is 0 Å². The van der Waals surface area contributed by atoms with Gasteiger partial charge in [0.2, 0.25) is 0 Å². The molecule has 2 aliphatic carbocycles. The molecule has 0 saturated heterocycles. The lowest BCUT2D eigenvalue weighted by Crippen LogP contribution is -2.48. The van der Waals surface area contributed by atoms with Crippen LogP contribution < -0.4 is 5.32 Å². The lowest BCUT2D eigenvalue weighted by Gasteiger charge is -2.42. The van der Waals surface area contributed by atoms with E-state index in [9.17, 15) is 0 Å². The number of rotatable bonds is 3. The summed E-state index contributed by atoms with van der Waals surface area (Å²) in [6.45, 7) is 9.75. The maximum atomic E-state index is 3.98. The second-order valence-electron chi connectivity index (χ2n) is 7.84. The molecule has 106 valence electrons. The van der Waals surface area contributed by atoms with Crippen molar-refractivity contribution in [1.82, 2.24) is 5.32 Å². The van der Waals surface area contributed by atoms with Crippen LogP contribution in [0.1, 0.15) is 79.1 Å². The van der Waals surface area contributed by atoms with E-state index in [0.717, 1.165) is 23.9 Å². The van der Waals surface area contributed by atoms with Gasteiger partial charge in [-0.1, -0.05) is 40.0 Å². The van der Waals surface area contributed by atoms with E-state index in [0.29, 0.717) is 5.41 Å². The van der Waals surface area contributed by atoms with Gasteiger partial charge < -0.3 is 5.32 Å². The molecule has 1 nitrogen and oxygen atoms in total. The fourth-order valence-electron chi connectivity index (χ4n) is 4.30. The highest BCUT2D eigenvalue weighted by Gasteiger charge is 2.33. The van der Waals surface area contributed by atoms with Crippen molar-refractivity contribution in [3.05, 3.63) is 0 Å². The van der Waals surface area contributed by atoms with Crippen molar-refractivity contribution in [3.8, 4) is 0 Å². The minimum Gasteiger partial charge on any atom is -0.311 e. The summed E-state index contributed by atoms with van der Waals surface area (Å²) in [5, 5.41) is 3.98. The lowest BCUT2D eigenvalue weighted by atomic mass is 9.70. The SMILES string of the molecule is CC1CC(C)(C)CCC1N[C@H](C)C1CCCCC1. The summed E-state index contributed by atoms with van der Waals surface area (Å²) in [5.41, 5.74) is 0.575. The van der Waals surface area contributed by atoms with Crippen molar-refractivity contribution in [2.45, 2.75) is 91.1 Å². The average molecular weight is 251 g/mol. The summed E-state index contributed by atoms with van der Waals surface area (Å²) < 4.78 is 0. The molecular formula is C17H33N. The zero-order chi connectivity index (χ0) is 13.2. The van der Waals surface area contributed by atoms with Gasteiger partial charge in [0.05, 0.1) is 0 Å². The van der Waals surface area contributed by atoms with E-state index in [2.05, 4.69) is 33.0 Å². The molecule has 18 heavy (non-hydrogen) atoms. The normalized spacial score (nSPS) is 35.3. The van der Waals surface area contributed by atoms with E-state index in [1.54, 1.807) is 0 Å². The number of nitrogens with one attached hydrogen (secondary N) is 1. The molecular weight excluding hydrogens is 218 g/mol. The first-order valence-electron chi connectivity index (χ1n) is 8.24. The van der Waals surface area contributed by atoms with Gasteiger partial charge >= 0.3 is 0 Å². The molecule has 1 N–H and O–H groups in total. The molecule has 0 bridgehead atoms. The second-order valence-corrected chi connectivity index (χ2v) is 7.84. The molecule has 2 fully saturated rings. The van der Waals surface area contributed by atoms with Gasteiger partial charge in [-0.3, -0.25) is 0 Å². The molecule has 0 amide bonds. The highest BCUT2D eigenvalue weighted by Crippen LogP contribution is 2.39. The van der Waals surface area contributed by atoms with E-state index in [1.165, 1.54) is 51.4 Å². The number of hydrogen-bond donors (Lipinski definition) is 1. The van der Waals surface area contributed by atoms with Crippen LogP contribution in [0.4, 0.5) is 0 Å². The third kappa shape index (κ3) is 3.73. The molecule has 2 rings (SSSR count). The molecule has 0 aliphatic heterocycles. The van der Waals surface area contributed by atoms with Crippen molar-refractivity contribution in [1.29, 1.82) is 0 Å². The van der Waals surface area contributed by atoms with E-state index in [-0.39, 0.29) is 0 Å². The first-order chi connectivity index (χ1) is 8.48. The van der Waals surface area contributed by atoms with Crippen LogP contribution >= 0.6 is 0 Å². The van der Waals surface area contributed by atoms with Crippen molar-refractivity contribution >= 4 is 0 Å². The van der Waals surface area contributed by atoms with Crippen LogP contribution in [0.25, 0.3) is 0 Å². The fourth-order valence-corrected chi connectivity index (χ4v) is 4.30. The Hall–Kier alpha value is -0.0400. The molecule has 0 aromatic carbocycles. The Kier molecular flexibility index (Phi) is 4.75. The van der Waals surface area contributed by atoms with Gasteiger partial charge in [-0.15, -0.1) is 0 Å². The highest BCUT2D eigenvalue weighted by atomic mass is 15.0. The zero-order valence-electron chi connectivity index (χ0n) is 13.0. The molecule has 0 aromatic rings. The van der Waals surface area contributed by atoms with E-state index in [4.69, 9.17) is 0 Å². The Labute approximate surface area is 114 Å². The minimum atomic E-state index is 0.575. The summed E-state index contributed by atoms with van der Waals surface area (Å²) in [6.07, 6.45) is 11.5. The van der Waals surface area contributed by atoms with Gasteiger partial charge in [0.25, 0.3) is 0 Å². The Morgan fingerprint density at radius 3 is 2.33 bits per heavy atom. The van der Waals surface area contributed by atoms with Crippen LogP contribution in [0.3, 0.4) is 0 Å². The first-order valence-corrected chi connectivity index (χ1v) is 8.24. The average Bonchev–Trinajstić information content (AvgIpc) is 2.33. The maximum absolute atomic E-state index is 3.98. The van der Waals surface area contributed by atoms with Crippen molar-refractivity contribution in [2.75, 3.05) is 0 Å². The second kappa shape index (κ2) is 5.94. The summed E-state index contributed by atoms with van der Waals surface area (Å²) >= 11 is 0. The maximum Gasteiger partial charge on any atom is 0.00956 e. The van der Waals surface area contributed by atoms with Crippen LogP contribution in [0.15, 0.2) is 0 Å². The van der Waals surface area contributed by atoms with Gasteiger partial charge in [0.1, 0.15) is 0 Å². The lowest BCUT2D eigenvalue weighted by molar-refractivity contribution is 0.130. The third-order valence-electron chi connectivity index (χ3n) is 5.53. The Bertz CT molecular complexity index is 252. The van der Waals surface area contributed by atoms with Gasteiger partial charge in [-0.25, -0.2) is 0 Å². The monoisotopic (exact) mass is 251 g/mol. The number of hydrogen-bond acceptors (Lipinski definition) is 1. The van der Waals surface area contributed by atoms with E-state index in [1.807, 2.05) is 0 Å². The van der Waals surface area contributed by atoms with E-state index < -0.39 is 0 Å². The standard InChI is InChI=1S/C17H33N/c1-13-12-17(3,4)11-10-16(13)18-14(2)15-8-6-5-7-9-15/h13-16,18H,5-12H2,1-4H3/t13?,14-,16?/m1/s1. The largest absolute Gasteiger partial charge is 0.311 e. The third-order valence-corrected chi connectivity index (χ3v) is 5.53. The van der Waals surface area contributed by atoms with Crippen molar-refractivity contribution < 1.29 is 0 Å². The minimum absolute atomic E-state index is 0.575. The molecule has 0 aromatic heterocycles. The summed E-state index contributed by atoms with van der Waals surface area (Å²) in [5.74, 6) is 1.79. The molecule has 2 saturated carbocycles. The van der Waals surface area contributed by atoms with E-state index >= 15 is 0 Å². The van der Waals surface area contributed by atoms with Gasteiger partial charge in [0, 0.05) is 12.1 Å². The Morgan fingerprint density at radius 1 is 1.06 bits per heavy atom. The van der Waals surface area contributed by atoms with Crippen LogP contribution in [0, 0.1) is 17.3 Å². The highest BCUT2D eigenvalue weighted by molar-refractivity contribution is 4.89. The fraction of sp³-hybridized carbons (Fsp3) is 1.00. The topological polar surface area (TPSA) is 12.0 Å². The molecule has 0 heterocycles. The van der Waals surface area contributed by atoms with Crippen molar-refractivity contribution in [3.63, 3.8) is 0 Å². The van der Waals surface area contributed by atoms with Crippen molar-refractivity contribution in [2.24, 2.45) is 17.3 Å². The molecule has 0 radical (unpaired) electrons. The smallest absolute Gasteiger partial charge is 0.00956 e. The Balaban J connectivity index is 1.81. The van der Waals surface area contributed by atoms with Crippen LogP contribution in [-0.2, 0) is 0 Å². The zero-order valence-corrected chi connectivity index (χ0v) is 13.0. The molecule has 1 heteroatoms. The molecule has 0 spiro atoms. The molecule has 2 aliphatic rings. The van der Waals surface area contributed by atoms with Crippen LogP contribution in [0.2, 0.25) is 0 Å². The summed E-state index contributed by atoms with van der Waals surface area (Å²) in [6, 6.07) is 1.51. The van der Waals surface area contributed by atoms with Gasteiger partial charge in [-0.2, -0.15) is 0 Å². The Morgan fingerprint density at radius 2 is 1.72 bits per heavy atom. The van der Waals surface area contributed by atoms with Gasteiger partial charge in [-0.05, 0) is 56.3 Å². The predicted molar refractivity (Wildman–Crippen MR) is 79.8 cm³/mol. The first kappa shape index (κ1) is 14.4. The van der Waals surface area contributed by atoms with Crippen LogP contribution in [0.5, 0.6) is 0 Å². The summed E-state index contributed by atoms with van der Waals surface area (Å²) in [7, 11) is 0. The molecule has 3 atom stereocenters. The van der Waals surface area contributed by atoms with Crippen LogP contribution in [-0.4, -0.2) is 12.1 Å². The summed E-state index contributed by atoms with van der Waals surface area (Å²) in [4.78, 5) is 0. The molecule has 2 unspecified atom stereocenters.